The molecule has 96 valence electrons. The molecule has 1 aromatic rings. The van der Waals surface area contributed by atoms with Crippen LogP contribution in [0.5, 0.6) is 0 Å². The Morgan fingerprint density at radius 2 is 2.22 bits per heavy atom. The molecule has 0 amide bonds. The molecule has 1 atom stereocenters. The minimum absolute atomic E-state index is 0.149. The van der Waals surface area contributed by atoms with Crippen LogP contribution >= 0.6 is 0 Å². The van der Waals surface area contributed by atoms with Crippen LogP contribution in [0.1, 0.15) is 37.3 Å². The highest BCUT2D eigenvalue weighted by molar-refractivity contribution is 5.34. The highest BCUT2D eigenvalue weighted by atomic mass is 19.1. The zero-order valence-electron chi connectivity index (χ0n) is 10.8. The van der Waals surface area contributed by atoms with Crippen LogP contribution in [0, 0.1) is 23.1 Å². The molecular weight excluding hydrogens is 227 g/mol. The van der Waals surface area contributed by atoms with Crippen molar-refractivity contribution < 1.29 is 4.39 Å². The Labute approximate surface area is 108 Å². The van der Waals surface area contributed by atoms with Gasteiger partial charge in [0, 0.05) is 12.1 Å². The lowest BCUT2D eigenvalue weighted by molar-refractivity contribution is 0.269. The first-order chi connectivity index (χ1) is 8.70. The molecule has 2 nitrogen and oxygen atoms in total. The van der Waals surface area contributed by atoms with Crippen LogP contribution in [0.25, 0.3) is 0 Å². The molecule has 1 aliphatic rings. The Bertz CT molecular complexity index is 450. The van der Waals surface area contributed by atoms with E-state index in [2.05, 4.69) is 11.8 Å². The molecule has 2 rings (SSSR count). The number of hydrogen-bond acceptors (Lipinski definition) is 2. The average molecular weight is 246 g/mol. The average Bonchev–Trinajstić information content (AvgIpc) is 2.57. The molecule has 0 radical (unpaired) electrons. The largest absolute Gasteiger partial charge is 0.299 e. The Morgan fingerprint density at radius 3 is 3.00 bits per heavy atom. The summed E-state index contributed by atoms with van der Waals surface area (Å²) in [4.78, 5) is 2.29. The van der Waals surface area contributed by atoms with Crippen molar-refractivity contribution in [3.05, 3.63) is 35.1 Å². The smallest absolute Gasteiger partial charge is 0.145 e. The Hall–Kier alpha value is -1.40. The first-order valence-electron chi connectivity index (χ1n) is 6.60. The molecule has 0 bridgehead atoms. The summed E-state index contributed by atoms with van der Waals surface area (Å²) in [5, 5.41) is 8.82. The lowest BCUT2D eigenvalue weighted by atomic mass is 10.0. The van der Waals surface area contributed by atoms with Gasteiger partial charge in [-0.1, -0.05) is 19.1 Å². The van der Waals surface area contributed by atoms with Crippen molar-refractivity contribution in [1.29, 1.82) is 5.26 Å². The van der Waals surface area contributed by atoms with Crippen molar-refractivity contribution in [3.63, 3.8) is 0 Å². The van der Waals surface area contributed by atoms with Gasteiger partial charge < -0.3 is 0 Å². The monoisotopic (exact) mass is 246 g/mol. The van der Waals surface area contributed by atoms with E-state index in [1.54, 1.807) is 12.1 Å². The number of halogens is 1. The van der Waals surface area contributed by atoms with Gasteiger partial charge in [-0.3, -0.25) is 4.90 Å². The summed E-state index contributed by atoms with van der Waals surface area (Å²) in [5.41, 5.74) is 0.791. The van der Waals surface area contributed by atoms with Crippen LogP contribution in [0.4, 0.5) is 4.39 Å². The summed E-state index contributed by atoms with van der Waals surface area (Å²) >= 11 is 0. The minimum Gasteiger partial charge on any atom is -0.299 e. The molecule has 1 fully saturated rings. The van der Waals surface area contributed by atoms with Gasteiger partial charge in [0.25, 0.3) is 0 Å². The summed E-state index contributed by atoms with van der Waals surface area (Å²) in [6.07, 6.45) is 3.62. The third kappa shape index (κ3) is 3.08. The first kappa shape index (κ1) is 13.0. The molecular formula is C15H19FN2. The summed E-state index contributed by atoms with van der Waals surface area (Å²) in [6.45, 7) is 4.95. The fraction of sp³-hybridized carbons (Fsp3) is 0.533. The van der Waals surface area contributed by atoms with E-state index in [4.69, 9.17) is 5.26 Å². The van der Waals surface area contributed by atoms with Gasteiger partial charge in [0.15, 0.2) is 0 Å². The van der Waals surface area contributed by atoms with Crippen LogP contribution < -0.4 is 0 Å². The van der Waals surface area contributed by atoms with Crippen LogP contribution in [-0.2, 0) is 6.54 Å². The lowest BCUT2D eigenvalue weighted by Crippen LogP contribution is -2.24. The number of likely N-dealkylation sites (tertiary alicyclic amines) is 1. The van der Waals surface area contributed by atoms with Gasteiger partial charge in [-0.25, -0.2) is 4.39 Å². The van der Waals surface area contributed by atoms with Gasteiger partial charge in [-0.05, 0) is 44.3 Å². The van der Waals surface area contributed by atoms with Crippen molar-refractivity contribution in [1.82, 2.24) is 4.90 Å². The fourth-order valence-electron chi connectivity index (χ4n) is 2.51. The Balaban J connectivity index is 2.07. The van der Waals surface area contributed by atoms with E-state index in [0.717, 1.165) is 19.0 Å². The van der Waals surface area contributed by atoms with Crippen LogP contribution in [-0.4, -0.2) is 18.0 Å². The minimum atomic E-state index is -0.350. The predicted octanol–water partition coefficient (Wildman–Crippen LogP) is 3.32. The first-order valence-corrected chi connectivity index (χ1v) is 6.60. The van der Waals surface area contributed by atoms with Crippen molar-refractivity contribution >= 4 is 0 Å². The third-order valence-electron chi connectivity index (χ3n) is 3.70. The molecule has 1 saturated heterocycles. The van der Waals surface area contributed by atoms with E-state index >= 15 is 0 Å². The molecule has 0 spiro atoms. The number of nitrogens with zero attached hydrogens (tertiary/aromatic N) is 2. The van der Waals surface area contributed by atoms with Gasteiger partial charge in [-0.2, -0.15) is 5.26 Å². The van der Waals surface area contributed by atoms with E-state index in [9.17, 15) is 4.39 Å². The second-order valence-corrected chi connectivity index (χ2v) is 5.20. The molecule has 0 N–H and O–H groups in total. The molecule has 0 saturated carbocycles. The van der Waals surface area contributed by atoms with Crippen molar-refractivity contribution in [2.75, 3.05) is 13.1 Å². The van der Waals surface area contributed by atoms with E-state index in [1.165, 1.54) is 25.3 Å². The number of benzene rings is 1. The van der Waals surface area contributed by atoms with E-state index < -0.39 is 0 Å². The number of rotatable bonds is 2. The lowest BCUT2D eigenvalue weighted by Gasteiger charge is -2.20. The quantitative estimate of drug-likeness (QED) is 0.800. The van der Waals surface area contributed by atoms with E-state index in [-0.39, 0.29) is 11.4 Å². The van der Waals surface area contributed by atoms with Gasteiger partial charge in [0.2, 0.25) is 0 Å². The molecule has 1 heterocycles. The van der Waals surface area contributed by atoms with Gasteiger partial charge in [-0.15, -0.1) is 0 Å². The molecule has 1 unspecified atom stereocenters. The number of nitriles is 1. The maximum atomic E-state index is 14.0. The highest BCUT2D eigenvalue weighted by Gasteiger charge is 2.16. The Kier molecular flexibility index (Phi) is 4.33. The summed E-state index contributed by atoms with van der Waals surface area (Å²) in [7, 11) is 0. The predicted molar refractivity (Wildman–Crippen MR) is 69.4 cm³/mol. The fourth-order valence-corrected chi connectivity index (χ4v) is 2.51. The van der Waals surface area contributed by atoms with Crippen molar-refractivity contribution in [2.24, 2.45) is 5.92 Å². The zero-order chi connectivity index (χ0) is 13.0. The number of hydrogen-bond donors (Lipinski definition) is 0. The van der Waals surface area contributed by atoms with Gasteiger partial charge in [0.1, 0.15) is 11.9 Å². The highest BCUT2D eigenvalue weighted by Crippen LogP contribution is 2.20. The van der Waals surface area contributed by atoms with Crippen LogP contribution in [0.3, 0.4) is 0 Å². The summed E-state index contributed by atoms with van der Waals surface area (Å²) < 4.78 is 14.0. The molecule has 18 heavy (non-hydrogen) atoms. The topological polar surface area (TPSA) is 27.0 Å². The third-order valence-corrected chi connectivity index (χ3v) is 3.70. The van der Waals surface area contributed by atoms with Crippen molar-refractivity contribution in [3.8, 4) is 6.07 Å². The van der Waals surface area contributed by atoms with E-state index in [1.807, 2.05) is 6.07 Å². The van der Waals surface area contributed by atoms with Gasteiger partial charge >= 0.3 is 0 Å². The maximum Gasteiger partial charge on any atom is 0.145 e. The summed E-state index contributed by atoms with van der Waals surface area (Å²) in [6, 6.07) is 6.97. The standard InChI is InChI=1S/C15H19FN2/c1-12-4-3-8-18(9-7-12)11-14-6-2-5-13(10-17)15(14)16/h2,5-6,12H,3-4,7-9,11H2,1H3. The zero-order valence-corrected chi connectivity index (χ0v) is 10.8. The Morgan fingerprint density at radius 1 is 1.39 bits per heavy atom. The van der Waals surface area contributed by atoms with Gasteiger partial charge in [0.05, 0.1) is 5.56 Å². The summed E-state index contributed by atoms with van der Waals surface area (Å²) in [5.74, 6) is 0.419. The molecule has 1 aromatic carbocycles. The van der Waals surface area contributed by atoms with Crippen LogP contribution in [0.2, 0.25) is 0 Å². The maximum absolute atomic E-state index is 14.0. The molecule has 3 heteroatoms. The second kappa shape index (κ2) is 5.97. The second-order valence-electron chi connectivity index (χ2n) is 5.20. The van der Waals surface area contributed by atoms with Crippen molar-refractivity contribution in [2.45, 2.75) is 32.7 Å². The molecule has 0 aromatic heterocycles. The molecule has 1 aliphatic heterocycles. The SMILES string of the molecule is CC1CCCN(Cc2cccc(C#N)c2F)CC1. The normalized spacial score (nSPS) is 21.3. The van der Waals surface area contributed by atoms with E-state index in [0.29, 0.717) is 12.1 Å². The molecule has 0 aliphatic carbocycles. The van der Waals surface area contributed by atoms with Crippen LogP contribution in [0.15, 0.2) is 18.2 Å².